The van der Waals surface area contributed by atoms with Gasteiger partial charge in [0, 0.05) is 5.41 Å². The summed E-state index contributed by atoms with van der Waals surface area (Å²) in [5.74, 6) is 0. The van der Waals surface area contributed by atoms with Gasteiger partial charge >= 0.3 is 0 Å². The molecule has 0 aliphatic carbocycles. The zero-order valence-electron chi connectivity index (χ0n) is 8.61. The number of hydrogen-bond acceptors (Lipinski definition) is 2. The van der Waals surface area contributed by atoms with Crippen molar-refractivity contribution in [1.82, 2.24) is 0 Å². The topological polar surface area (TPSA) is 18.5 Å². The van der Waals surface area contributed by atoms with E-state index in [1.165, 1.54) is 0 Å². The summed E-state index contributed by atoms with van der Waals surface area (Å²) in [5.41, 5.74) is 0.0526. The summed E-state index contributed by atoms with van der Waals surface area (Å²) in [6, 6.07) is 0. The third-order valence-electron chi connectivity index (χ3n) is 1.34. The fraction of sp³-hybridized carbons (Fsp3) is 1.00. The lowest BCUT2D eigenvalue weighted by Crippen LogP contribution is -2.30. The Bertz CT molecular complexity index is 127. The molecule has 12 heavy (non-hydrogen) atoms. The third kappa shape index (κ3) is 7.31. The molecular weight excluding hydrogens is 267 g/mol. The Morgan fingerprint density at radius 1 is 1.00 bits per heavy atom. The predicted octanol–water partition coefficient (Wildman–Crippen LogP) is 3.19. The van der Waals surface area contributed by atoms with Gasteiger partial charge < -0.3 is 7.80 Å². The molecule has 0 unspecified atom stereocenters. The summed E-state index contributed by atoms with van der Waals surface area (Å²) >= 11 is 1.92. The van der Waals surface area contributed by atoms with E-state index in [1.807, 2.05) is 23.0 Å². The van der Waals surface area contributed by atoms with Gasteiger partial charge in [-0.25, -0.2) is 0 Å². The first kappa shape index (κ1) is 12.7. The molecular formula is C9H19IO2. The largest absolute Gasteiger partial charge is 0.375 e. The van der Waals surface area contributed by atoms with Crippen molar-refractivity contribution in [3.63, 3.8) is 0 Å². The van der Waals surface area contributed by atoms with Gasteiger partial charge in [0.15, 0.2) is 0 Å². The molecule has 0 N–H and O–H groups in total. The lowest BCUT2D eigenvalue weighted by Gasteiger charge is -2.28. The van der Waals surface area contributed by atoms with Crippen molar-refractivity contribution in [3.05, 3.63) is 0 Å². The van der Waals surface area contributed by atoms with Crippen molar-refractivity contribution in [3.8, 4) is 0 Å². The quantitative estimate of drug-likeness (QED) is 0.739. The van der Waals surface area contributed by atoms with Crippen molar-refractivity contribution < 1.29 is 7.80 Å². The predicted molar refractivity (Wildman–Crippen MR) is 59.5 cm³/mol. The van der Waals surface area contributed by atoms with Gasteiger partial charge in [-0.2, -0.15) is 0 Å². The van der Waals surface area contributed by atoms with Crippen LogP contribution in [0, 0.1) is 5.41 Å². The molecule has 0 atom stereocenters. The summed E-state index contributed by atoms with van der Waals surface area (Å²) in [7, 11) is 0. The first-order valence-electron chi connectivity index (χ1n) is 4.14. The van der Waals surface area contributed by atoms with Gasteiger partial charge in [0.1, 0.15) is 23.0 Å². The number of ether oxygens (including phenoxy) is 1. The Hall–Kier alpha value is 0.650. The van der Waals surface area contributed by atoms with Crippen LogP contribution < -0.4 is 0 Å². The van der Waals surface area contributed by atoms with Gasteiger partial charge in [0.25, 0.3) is 0 Å². The highest BCUT2D eigenvalue weighted by Crippen LogP contribution is 2.20. The van der Waals surface area contributed by atoms with E-state index < -0.39 is 0 Å². The van der Waals surface area contributed by atoms with Crippen LogP contribution in [0.15, 0.2) is 0 Å². The lowest BCUT2D eigenvalue weighted by molar-refractivity contribution is -0.0499. The molecule has 0 bridgehead atoms. The maximum Gasteiger partial charge on any atom is 0.109 e. The average Bonchev–Trinajstić information content (AvgIpc) is 1.83. The zero-order valence-corrected chi connectivity index (χ0v) is 10.8. The molecule has 0 spiro atoms. The molecule has 0 aliphatic heterocycles. The number of hydrogen-bond donors (Lipinski definition) is 0. The second-order valence-electron chi connectivity index (χ2n) is 4.82. The van der Waals surface area contributed by atoms with Crippen LogP contribution >= 0.6 is 23.0 Å². The van der Waals surface area contributed by atoms with Crippen LogP contribution in [-0.2, 0) is 7.80 Å². The fourth-order valence-corrected chi connectivity index (χ4v) is 1.44. The van der Waals surface area contributed by atoms with E-state index >= 15 is 0 Å². The monoisotopic (exact) mass is 286 g/mol. The maximum atomic E-state index is 5.66. The van der Waals surface area contributed by atoms with Gasteiger partial charge in [-0.05, 0) is 20.8 Å². The second kappa shape index (κ2) is 4.77. The molecule has 3 heteroatoms. The van der Waals surface area contributed by atoms with E-state index in [2.05, 4.69) is 34.6 Å². The molecule has 0 fully saturated rings. The van der Waals surface area contributed by atoms with Crippen molar-refractivity contribution >= 4 is 23.0 Å². The number of halogens is 1. The van der Waals surface area contributed by atoms with Crippen molar-refractivity contribution in [1.29, 1.82) is 0 Å². The van der Waals surface area contributed by atoms with E-state index in [-0.39, 0.29) is 11.0 Å². The van der Waals surface area contributed by atoms with Gasteiger partial charge in [-0.15, -0.1) is 0 Å². The minimum absolute atomic E-state index is 0.0530. The van der Waals surface area contributed by atoms with Crippen LogP contribution in [0.5, 0.6) is 0 Å². The Labute approximate surface area is 89.7 Å². The minimum atomic E-state index is -0.0530. The fourth-order valence-electron chi connectivity index (χ4n) is 0.601. The second-order valence-corrected chi connectivity index (χ2v) is 5.44. The van der Waals surface area contributed by atoms with Crippen LogP contribution in [0.2, 0.25) is 0 Å². The Morgan fingerprint density at radius 2 is 1.50 bits per heavy atom. The normalized spacial score (nSPS) is 13.5. The Balaban J connectivity index is 3.75. The molecule has 0 aromatic rings. The first-order valence-corrected chi connectivity index (χ1v) is 5.02. The Kier molecular flexibility index (Phi) is 5.02. The van der Waals surface area contributed by atoms with Crippen molar-refractivity contribution in [2.75, 3.05) is 13.2 Å². The molecule has 0 heterocycles. The molecule has 0 saturated heterocycles. The highest BCUT2D eigenvalue weighted by molar-refractivity contribution is 14.1. The molecule has 0 rings (SSSR count). The summed E-state index contributed by atoms with van der Waals surface area (Å²) < 4.78 is 10.7. The van der Waals surface area contributed by atoms with E-state index in [0.29, 0.717) is 0 Å². The van der Waals surface area contributed by atoms with Crippen LogP contribution in [0.25, 0.3) is 0 Å². The standard InChI is InChI=1S/C9H19IO2/c1-8(2,3)11-6-9(4,5)7-12-10/h6-7H2,1-5H3. The van der Waals surface area contributed by atoms with Gasteiger partial charge in [0.05, 0.1) is 18.8 Å². The SMILES string of the molecule is CC(C)(COI)COC(C)(C)C. The van der Waals surface area contributed by atoms with E-state index in [9.17, 15) is 0 Å². The third-order valence-corrected chi connectivity index (χ3v) is 1.65. The molecule has 74 valence electrons. The van der Waals surface area contributed by atoms with Gasteiger partial charge in [-0.1, -0.05) is 13.8 Å². The van der Waals surface area contributed by atoms with Crippen molar-refractivity contribution in [2.24, 2.45) is 5.41 Å². The van der Waals surface area contributed by atoms with E-state index in [1.54, 1.807) is 0 Å². The smallest absolute Gasteiger partial charge is 0.109 e. The molecule has 0 aliphatic rings. The number of rotatable bonds is 4. The summed E-state index contributed by atoms with van der Waals surface area (Å²) in [5, 5.41) is 0. The van der Waals surface area contributed by atoms with Gasteiger partial charge in [-0.3, -0.25) is 0 Å². The van der Waals surface area contributed by atoms with Crippen molar-refractivity contribution in [2.45, 2.75) is 40.2 Å². The lowest BCUT2D eigenvalue weighted by atomic mass is 9.96. The summed E-state index contributed by atoms with van der Waals surface area (Å²) in [6.07, 6.45) is 0. The van der Waals surface area contributed by atoms with Crippen LogP contribution in [0.4, 0.5) is 0 Å². The average molecular weight is 286 g/mol. The minimum Gasteiger partial charge on any atom is -0.375 e. The molecule has 2 nitrogen and oxygen atoms in total. The zero-order chi connectivity index (χ0) is 9.83. The molecule has 0 aromatic heterocycles. The molecule has 0 radical (unpaired) electrons. The van der Waals surface area contributed by atoms with Gasteiger partial charge in [0.2, 0.25) is 0 Å². The van der Waals surface area contributed by atoms with E-state index in [4.69, 9.17) is 7.80 Å². The molecule has 0 amide bonds. The maximum absolute atomic E-state index is 5.66. The van der Waals surface area contributed by atoms with E-state index in [0.717, 1.165) is 13.2 Å². The summed E-state index contributed by atoms with van der Waals surface area (Å²) in [4.78, 5) is 0. The van der Waals surface area contributed by atoms with Crippen LogP contribution in [0.1, 0.15) is 34.6 Å². The molecule has 0 aromatic carbocycles. The van der Waals surface area contributed by atoms with Crippen LogP contribution in [-0.4, -0.2) is 18.8 Å². The molecule has 0 saturated carbocycles. The Morgan fingerprint density at radius 3 is 1.83 bits per heavy atom. The summed E-state index contributed by atoms with van der Waals surface area (Å²) in [6.45, 7) is 11.9. The highest BCUT2D eigenvalue weighted by Gasteiger charge is 2.21. The highest BCUT2D eigenvalue weighted by atomic mass is 127. The first-order chi connectivity index (χ1) is 5.27. The van der Waals surface area contributed by atoms with Crippen LogP contribution in [0.3, 0.4) is 0 Å².